The number of anilines is 1. The van der Waals surface area contributed by atoms with E-state index in [1.165, 1.54) is 43.3 Å². The highest BCUT2D eigenvalue weighted by molar-refractivity contribution is 9.10. The largest absolute Gasteiger partial charge is 0.367 e. The molecule has 3 nitrogen and oxygen atoms in total. The van der Waals surface area contributed by atoms with Gasteiger partial charge in [-0.05, 0) is 31.2 Å². The molecule has 0 fully saturated rings. The number of para-hydroxylation sites is 1. The molecule has 0 heterocycles. The van der Waals surface area contributed by atoms with Crippen molar-refractivity contribution in [3.8, 4) is 0 Å². The molecule has 2 rings (SSSR count). The zero-order valence-electron chi connectivity index (χ0n) is 11.2. The van der Waals surface area contributed by atoms with Crippen molar-refractivity contribution < 1.29 is 13.6 Å². The molecule has 0 bridgehead atoms. The molecule has 3 N–H and O–H groups in total. The average Bonchev–Trinajstić information content (AvgIpc) is 2.41. The predicted octanol–water partition coefficient (Wildman–Crippen LogP) is 3.54. The van der Waals surface area contributed by atoms with Gasteiger partial charge in [-0.25, -0.2) is 8.78 Å². The number of carbonyl (C=O) groups excluding carboxylic acids is 1. The van der Waals surface area contributed by atoms with Crippen LogP contribution in [0.2, 0.25) is 0 Å². The Bertz CT molecular complexity index is 693. The van der Waals surface area contributed by atoms with Gasteiger partial charge in [0.1, 0.15) is 17.2 Å². The first-order chi connectivity index (χ1) is 9.84. The second kappa shape index (κ2) is 5.81. The first-order valence-electron chi connectivity index (χ1n) is 6.13. The van der Waals surface area contributed by atoms with E-state index in [1.807, 2.05) is 0 Å². The summed E-state index contributed by atoms with van der Waals surface area (Å²) in [5, 5.41) is 2.80. The SMILES string of the molecule is CC(Nc1ccccc1F)(C(N)=O)c1ccc(F)cc1Br. The number of hydrogen-bond acceptors (Lipinski definition) is 2. The highest BCUT2D eigenvalue weighted by Crippen LogP contribution is 2.32. The van der Waals surface area contributed by atoms with Crippen LogP contribution in [0.5, 0.6) is 0 Å². The van der Waals surface area contributed by atoms with Crippen molar-refractivity contribution in [2.75, 3.05) is 5.32 Å². The topological polar surface area (TPSA) is 55.1 Å². The fourth-order valence-electron chi connectivity index (χ4n) is 1.99. The van der Waals surface area contributed by atoms with E-state index in [2.05, 4.69) is 21.2 Å². The molecule has 1 atom stereocenters. The van der Waals surface area contributed by atoms with Crippen molar-refractivity contribution >= 4 is 27.5 Å². The lowest BCUT2D eigenvalue weighted by Crippen LogP contribution is -2.45. The van der Waals surface area contributed by atoms with Crippen LogP contribution in [-0.2, 0) is 10.3 Å². The van der Waals surface area contributed by atoms with Crippen LogP contribution in [0.4, 0.5) is 14.5 Å². The normalized spacial score (nSPS) is 13.5. The summed E-state index contributed by atoms with van der Waals surface area (Å²) < 4.78 is 27.3. The van der Waals surface area contributed by atoms with Crippen LogP contribution in [0.3, 0.4) is 0 Å². The number of carbonyl (C=O) groups is 1. The average molecular weight is 355 g/mol. The zero-order valence-corrected chi connectivity index (χ0v) is 12.7. The fourth-order valence-corrected chi connectivity index (χ4v) is 2.74. The van der Waals surface area contributed by atoms with Crippen LogP contribution in [0.25, 0.3) is 0 Å². The molecule has 1 unspecified atom stereocenters. The molecule has 6 heteroatoms. The van der Waals surface area contributed by atoms with Gasteiger partial charge < -0.3 is 11.1 Å². The number of benzene rings is 2. The Kier molecular flexibility index (Phi) is 4.27. The molecule has 1 amide bonds. The lowest BCUT2D eigenvalue weighted by Gasteiger charge is -2.30. The third kappa shape index (κ3) is 3.05. The monoisotopic (exact) mass is 354 g/mol. The van der Waals surface area contributed by atoms with E-state index in [9.17, 15) is 13.6 Å². The third-order valence-corrected chi connectivity index (χ3v) is 3.88. The van der Waals surface area contributed by atoms with Gasteiger partial charge in [0.2, 0.25) is 5.91 Å². The van der Waals surface area contributed by atoms with Crippen LogP contribution in [0.15, 0.2) is 46.9 Å². The number of primary amides is 1. The highest BCUT2D eigenvalue weighted by Gasteiger charge is 2.35. The van der Waals surface area contributed by atoms with Gasteiger partial charge in [-0.2, -0.15) is 0 Å². The maximum absolute atomic E-state index is 13.8. The smallest absolute Gasteiger partial charge is 0.247 e. The number of hydrogen-bond donors (Lipinski definition) is 2. The fraction of sp³-hybridized carbons (Fsp3) is 0.133. The van der Waals surface area contributed by atoms with Gasteiger partial charge in [0.05, 0.1) is 5.69 Å². The van der Waals surface area contributed by atoms with Crippen LogP contribution in [0, 0.1) is 11.6 Å². The van der Waals surface area contributed by atoms with Gasteiger partial charge in [-0.3, -0.25) is 4.79 Å². The van der Waals surface area contributed by atoms with Gasteiger partial charge in [-0.1, -0.05) is 34.1 Å². The summed E-state index contributed by atoms with van der Waals surface area (Å²) in [4.78, 5) is 11.9. The van der Waals surface area contributed by atoms with Crippen molar-refractivity contribution in [3.63, 3.8) is 0 Å². The highest BCUT2D eigenvalue weighted by atomic mass is 79.9. The molecule has 0 aromatic heterocycles. The molecule has 0 aliphatic rings. The lowest BCUT2D eigenvalue weighted by atomic mass is 9.90. The summed E-state index contributed by atoms with van der Waals surface area (Å²) in [6.07, 6.45) is 0. The Morgan fingerprint density at radius 2 is 1.90 bits per heavy atom. The Balaban J connectivity index is 2.51. The van der Waals surface area contributed by atoms with Crippen molar-refractivity contribution in [2.45, 2.75) is 12.5 Å². The number of amides is 1. The van der Waals surface area contributed by atoms with E-state index in [1.54, 1.807) is 6.07 Å². The Morgan fingerprint density at radius 3 is 2.48 bits per heavy atom. The van der Waals surface area contributed by atoms with Gasteiger partial charge in [0, 0.05) is 10.0 Å². The Hall–Kier alpha value is -1.95. The van der Waals surface area contributed by atoms with E-state index < -0.39 is 23.1 Å². The third-order valence-electron chi connectivity index (χ3n) is 3.22. The van der Waals surface area contributed by atoms with Gasteiger partial charge in [-0.15, -0.1) is 0 Å². The van der Waals surface area contributed by atoms with Gasteiger partial charge in [0.15, 0.2) is 0 Å². The summed E-state index contributed by atoms with van der Waals surface area (Å²) in [6, 6.07) is 9.79. The summed E-state index contributed by atoms with van der Waals surface area (Å²) in [5.41, 5.74) is 4.63. The molecule has 0 spiro atoms. The van der Waals surface area contributed by atoms with Crippen molar-refractivity contribution in [3.05, 3.63) is 64.1 Å². The molecular formula is C15H13BrF2N2O. The minimum absolute atomic E-state index is 0.134. The first kappa shape index (κ1) is 15.4. The molecule has 2 aromatic carbocycles. The van der Waals surface area contributed by atoms with Crippen LogP contribution in [0.1, 0.15) is 12.5 Å². The van der Waals surface area contributed by atoms with E-state index in [-0.39, 0.29) is 5.69 Å². The van der Waals surface area contributed by atoms with Crippen molar-refractivity contribution in [1.82, 2.24) is 0 Å². The molecule has 0 aliphatic heterocycles. The second-order valence-electron chi connectivity index (χ2n) is 4.72. The Morgan fingerprint density at radius 1 is 1.24 bits per heavy atom. The summed E-state index contributed by atoms with van der Waals surface area (Å²) >= 11 is 3.20. The quantitative estimate of drug-likeness (QED) is 0.882. The number of rotatable bonds is 4. The number of nitrogens with two attached hydrogens (primary N) is 1. The molecule has 110 valence electrons. The molecular weight excluding hydrogens is 342 g/mol. The summed E-state index contributed by atoms with van der Waals surface area (Å²) in [5.74, 6) is -1.68. The molecule has 0 saturated heterocycles. The van der Waals surface area contributed by atoms with Crippen LogP contribution in [-0.4, -0.2) is 5.91 Å². The maximum atomic E-state index is 13.8. The van der Waals surface area contributed by atoms with Crippen molar-refractivity contribution in [1.29, 1.82) is 0 Å². The number of halogens is 3. The lowest BCUT2D eigenvalue weighted by molar-refractivity contribution is -0.122. The molecule has 0 saturated carbocycles. The minimum atomic E-state index is -1.39. The van der Waals surface area contributed by atoms with Gasteiger partial charge in [0.25, 0.3) is 0 Å². The molecule has 0 aliphatic carbocycles. The van der Waals surface area contributed by atoms with E-state index in [0.717, 1.165) is 0 Å². The molecule has 2 aromatic rings. The Labute approximate surface area is 129 Å². The predicted molar refractivity (Wildman–Crippen MR) is 80.7 cm³/mol. The minimum Gasteiger partial charge on any atom is -0.367 e. The van der Waals surface area contributed by atoms with Crippen LogP contribution < -0.4 is 11.1 Å². The summed E-state index contributed by atoms with van der Waals surface area (Å²) in [6.45, 7) is 1.51. The van der Waals surface area contributed by atoms with Crippen molar-refractivity contribution in [2.24, 2.45) is 5.73 Å². The number of nitrogens with one attached hydrogen (secondary N) is 1. The first-order valence-corrected chi connectivity index (χ1v) is 6.92. The summed E-state index contributed by atoms with van der Waals surface area (Å²) in [7, 11) is 0. The maximum Gasteiger partial charge on any atom is 0.247 e. The zero-order chi connectivity index (χ0) is 15.6. The van der Waals surface area contributed by atoms with E-state index >= 15 is 0 Å². The molecule has 0 radical (unpaired) electrons. The van der Waals surface area contributed by atoms with E-state index in [4.69, 9.17) is 5.73 Å². The van der Waals surface area contributed by atoms with Crippen LogP contribution >= 0.6 is 15.9 Å². The second-order valence-corrected chi connectivity index (χ2v) is 5.57. The van der Waals surface area contributed by atoms with E-state index in [0.29, 0.717) is 10.0 Å². The van der Waals surface area contributed by atoms with Gasteiger partial charge >= 0.3 is 0 Å². The standard InChI is InChI=1S/C15H13BrF2N2O/c1-15(14(19)21,10-7-6-9(17)8-11(10)16)20-13-5-3-2-4-12(13)18/h2-8,20H,1H3,(H2,19,21). The molecule has 21 heavy (non-hydrogen) atoms.